The first kappa shape index (κ1) is 15.8. The summed E-state index contributed by atoms with van der Waals surface area (Å²) < 4.78 is 30.9. The number of ether oxygens (including phenoxy) is 1. The molecule has 1 fully saturated rings. The monoisotopic (exact) mass is 312 g/mol. The summed E-state index contributed by atoms with van der Waals surface area (Å²) in [6.45, 7) is 1.47. The minimum absolute atomic E-state index is 0.0896. The van der Waals surface area contributed by atoms with Gasteiger partial charge in [0.1, 0.15) is 6.61 Å². The number of carbonyl (C=O) groups excluding carboxylic acids is 1. The molecule has 1 aliphatic heterocycles. The van der Waals surface area contributed by atoms with Crippen LogP contribution in [0.4, 0.5) is 4.79 Å². The molecule has 0 saturated carbocycles. The Balaban J connectivity index is 1.66. The predicted molar refractivity (Wildman–Crippen MR) is 79.5 cm³/mol. The molecule has 0 bridgehead atoms. The van der Waals surface area contributed by atoms with E-state index in [2.05, 4.69) is 4.72 Å². The van der Waals surface area contributed by atoms with Crippen LogP contribution in [0, 0.1) is 0 Å². The van der Waals surface area contributed by atoms with Crippen molar-refractivity contribution in [2.75, 3.05) is 32.0 Å². The van der Waals surface area contributed by atoms with Gasteiger partial charge in [-0.1, -0.05) is 30.3 Å². The van der Waals surface area contributed by atoms with Crippen molar-refractivity contribution >= 4 is 16.1 Å². The molecule has 0 radical (unpaired) electrons. The summed E-state index contributed by atoms with van der Waals surface area (Å²) in [7, 11) is -3.29. The Bertz CT molecular complexity index is 560. The second kappa shape index (κ2) is 7.42. The number of benzene rings is 1. The molecule has 0 spiro atoms. The lowest BCUT2D eigenvalue weighted by molar-refractivity contribution is 0.159. The second-order valence-corrected chi connectivity index (χ2v) is 6.83. The molecule has 1 aromatic rings. The average Bonchev–Trinajstić information content (AvgIpc) is 2.85. The summed E-state index contributed by atoms with van der Waals surface area (Å²) in [5.74, 6) is 0.0896. The lowest BCUT2D eigenvalue weighted by Gasteiger charge is -2.13. The standard InChI is InChI=1S/C14H20N2O4S/c17-14-16(10-11-20-14)9-8-15-21(18,19)12-4-7-13-5-2-1-3-6-13/h1-3,5-6,15H,4,7-12H2. The van der Waals surface area contributed by atoms with E-state index in [1.807, 2.05) is 30.3 Å². The number of aryl methyl sites for hydroxylation is 1. The number of nitrogens with one attached hydrogen (secondary N) is 1. The summed E-state index contributed by atoms with van der Waals surface area (Å²) >= 11 is 0. The van der Waals surface area contributed by atoms with Gasteiger partial charge in [0.25, 0.3) is 0 Å². The van der Waals surface area contributed by atoms with Gasteiger partial charge in [0.15, 0.2) is 0 Å². The highest BCUT2D eigenvalue weighted by Crippen LogP contribution is 2.04. The average molecular weight is 312 g/mol. The fraction of sp³-hybridized carbons (Fsp3) is 0.500. The van der Waals surface area contributed by atoms with Gasteiger partial charge in [0.2, 0.25) is 10.0 Å². The zero-order chi connectivity index (χ0) is 15.1. The molecule has 2 rings (SSSR count). The summed E-state index contributed by atoms with van der Waals surface area (Å²) in [6, 6.07) is 9.79. The highest BCUT2D eigenvalue weighted by Gasteiger charge is 2.21. The lowest BCUT2D eigenvalue weighted by atomic mass is 10.1. The molecule has 1 aliphatic rings. The summed E-state index contributed by atoms with van der Waals surface area (Å²) in [5.41, 5.74) is 1.13. The molecule has 1 heterocycles. The molecule has 1 N–H and O–H groups in total. The Morgan fingerprint density at radius 1 is 1.24 bits per heavy atom. The summed E-state index contributed by atoms with van der Waals surface area (Å²) in [5, 5.41) is 0. The van der Waals surface area contributed by atoms with E-state index >= 15 is 0 Å². The predicted octanol–water partition coefficient (Wildman–Crippen LogP) is 0.991. The van der Waals surface area contributed by atoms with E-state index in [4.69, 9.17) is 4.74 Å². The maximum atomic E-state index is 11.8. The van der Waals surface area contributed by atoms with E-state index in [1.54, 1.807) is 0 Å². The van der Waals surface area contributed by atoms with Crippen LogP contribution in [0.25, 0.3) is 0 Å². The third kappa shape index (κ3) is 5.35. The quantitative estimate of drug-likeness (QED) is 0.777. The first-order valence-corrected chi connectivity index (χ1v) is 8.65. The van der Waals surface area contributed by atoms with Crippen LogP contribution in [0.5, 0.6) is 0 Å². The normalized spacial score (nSPS) is 15.2. The SMILES string of the molecule is O=C1OCCN1CCNS(=O)(=O)CCCc1ccccc1. The van der Waals surface area contributed by atoms with Gasteiger partial charge >= 0.3 is 6.09 Å². The van der Waals surface area contributed by atoms with Gasteiger partial charge < -0.3 is 9.64 Å². The van der Waals surface area contributed by atoms with Crippen molar-refractivity contribution < 1.29 is 17.9 Å². The number of rotatable bonds is 8. The second-order valence-electron chi connectivity index (χ2n) is 4.90. The first-order chi connectivity index (χ1) is 10.1. The number of cyclic esters (lactones) is 1. The zero-order valence-corrected chi connectivity index (χ0v) is 12.6. The Morgan fingerprint density at radius 3 is 2.67 bits per heavy atom. The van der Waals surface area contributed by atoms with Crippen molar-refractivity contribution in [1.82, 2.24) is 9.62 Å². The van der Waals surface area contributed by atoms with Crippen molar-refractivity contribution in [2.45, 2.75) is 12.8 Å². The number of amides is 1. The molecule has 0 unspecified atom stereocenters. The minimum Gasteiger partial charge on any atom is -0.448 e. The molecule has 1 aromatic carbocycles. The third-order valence-corrected chi connectivity index (χ3v) is 4.74. The molecule has 116 valence electrons. The molecule has 7 heteroatoms. The zero-order valence-electron chi connectivity index (χ0n) is 11.8. The van der Waals surface area contributed by atoms with E-state index in [0.717, 1.165) is 12.0 Å². The number of nitrogens with zero attached hydrogens (tertiary/aromatic N) is 1. The molecule has 0 aliphatic carbocycles. The molecular weight excluding hydrogens is 292 g/mol. The third-order valence-electron chi connectivity index (χ3n) is 3.27. The van der Waals surface area contributed by atoms with Crippen LogP contribution in [-0.4, -0.2) is 51.4 Å². The van der Waals surface area contributed by atoms with Gasteiger partial charge in [-0.05, 0) is 18.4 Å². The van der Waals surface area contributed by atoms with E-state index in [-0.39, 0.29) is 18.4 Å². The van der Waals surface area contributed by atoms with Crippen LogP contribution >= 0.6 is 0 Å². The van der Waals surface area contributed by atoms with Crippen molar-refractivity contribution in [2.24, 2.45) is 0 Å². The maximum absolute atomic E-state index is 11.8. The van der Waals surface area contributed by atoms with Gasteiger partial charge in [-0.3, -0.25) is 0 Å². The molecule has 0 atom stereocenters. The van der Waals surface area contributed by atoms with E-state index in [9.17, 15) is 13.2 Å². The van der Waals surface area contributed by atoms with Gasteiger partial charge in [0.05, 0.1) is 12.3 Å². The molecule has 6 nitrogen and oxygen atoms in total. The van der Waals surface area contributed by atoms with Crippen LogP contribution in [0.3, 0.4) is 0 Å². The smallest absolute Gasteiger partial charge is 0.409 e. The first-order valence-electron chi connectivity index (χ1n) is 7.00. The van der Waals surface area contributed by atoms with Crippen molar-refractivity contribution in [3.05, 3.63) is 35.9 Å². The molecule has 0 aromatic heterocycles. The fourth-order valence-corrected chi connectivity index (χ4v) is 3.22. The Morgan fingerprint density at radius 2 is 2.00 bits per heavy atom. The van der Waals surface area contributed by atoms with Gasteiger partial charge in [0, 0.05) is 13.1 Å². The fourth-order valence-electron chi connectivity index (χ4n) is 2.15. The van der Waals surface area contributed by atoms with E-state index in [1.165, 1.54) is 4.90 Å². The number of sulfonamides is 1. The molecule has 1 amide bonds. The van der Waals surface area contributed by atoms with Crippen molar-refractivity contribution in [3.8, 4) is 0 Å². The minimum atomic E-state index is -3.29. The summed E-state index contributed by atoms with van der Waals surface area (Å²) in [4.78, 5) is 12.7. The van der Waals surface area contributed by atoms with Crippen LogP contribution in [0.1, 0.15) is 12.0 Å². The summed E-state index contributed by atoms with van der Waals surface area (Å²) in [6.07, 6.45) is 0.934. The molecular formula is C14H20N2O4S. The molecule has 1 saturated heterocycles. The number of hydrogen-bond acceptors (Lipinski definition) is 4. The van der Waals surface area contributed by atoms with Gasteiger partial charge in [-0.2, -0.15) is 0 Å². The van der Waals surface area contributed by atoms with Crippen molar-refractivity contribution in [3.63, 3.8) is 0 Å². The van der Waals surface area contributed by atoms with Crippen LogP contribution in [0.15, 0.2) is 30.3 Å². The van der Waals surface area contributed by atoms with E-state index < -0.39 is 10.0 Å². The Hall–Kier alpha value is -1.60. The van der Waals surface area contributed by atoms with Gasteiger partial charge in [-0.15, -0.1) is 0 Å². The largest absolute Gasteiger partial charge is 0.448 e. The van der Waals surface area contributed by atoms with Crippen molar-refractivity contribution in [1.29, 1.82) is 0 Å². The van der Waals surface area contributed by atoms with Crippen LogP contribution in [0.2, 0.25) is 0 Å². The Labute approximate surface area is 125 Å². The highest BCUT2D eigenvalue weighted by molar-refractivity contribution is 7.89. The maximum Gasteiger partial charge on any atom is 0.409 e. The Kier molecular flexibility index (Phi) is 5.58. The number of carbonyl (C=O) groups is 1. The van der Waals surface area contributed by atoms with Crippen LogP contribution in [-0.2, 0) is 21.2 Å². The van der Waals surface area contributed by atoms with Gasteiger partial charge in [-0.25, -0.2) is 17.9 Å². The highest BCUT2D eigenvalue weighted by atomic mass is 32.2. The van der Waals surface area contributed by atoms with E-state index in [0.29, 0.717) is 26.1 Å². The number of hydrogen-bond donors (Lipinski definition) is 1. The van der Waals surface area contributed by atoms with Crippen LogP contribution < -0.4 is 4.72 Å². The molecule has 21 heavy (non-hydrogen) atoms. The lowest BCUT2D eigenvalue weighted by Crippen LogP contribution is -2.36. The topological polar surface area (TPSA) is 75.7 Å².